The van der Waals surface area contributed by atoms with Crippen molar-refractivity contribution in [3.05, 3.63) is 0 Å². The summed E-state index contributed by atoms with van der Waals surface area (Å²) in [6, 6.07) is 0.570. The van der Waals surface area contributed by atoms with E-state index in [0.29, 0.717) is 11.9 Å². The third kappa shape index (κ3) is 1.26. The molecule has 0 aromatic rings. The summed E-state index contributed by atoms with van der Waals surface area (Å²) in [5.74, 6) is 1.89. The maximum Gasteiger partial charge on any atom is 0.222 e. The fourth-order valence-corrected chi connectivity index (χ4v) is 3.45. The summed E-state index contributed by atoms with van der Waals surface area (Å²) in [5, 5.41) is 3.50. The van der Waals surface area contributed by atoms with Crippen LogP contribution in [0.5, 0.6) is 0 Å². The average Bonchev–Trinajstić information content (AvgIpc) is 2.20. The molecule has 3 nitrogen and oxygen atoms in total. The first kappa shape index (κ1) is 8.72. The van der Waals surface area contributed by atoms with Crippen molar-refractivity contribution in [1.29, 1.82) is 0 Å². The molecule has 1 N–H and O–H groups in total. The summed E-state index contributed by atoms with van der Waals surface area (Å²) in [6.07, 6.45) is 4.50. The van der Waals surface area contributed by atoms with E-state index in [0.717, 1.165) is 44.3 Å². The Balaban J connectivity index is 1.83. The molecule has 0 radical (unpaired) electrons. The van der Waals surface area contributed by atoms with Gasteiger partial charge in [-0.25, -0.2) is 0 Å². The second-order valence-corrected chi connectivity index (χ2v) is 5.03. The average molecular weight is 194 g/mol. The predicted molar refractivity (Wildman–Crippen MR) is 53.8 cm³/mol. The predicted octanol–water partition coefficient (Wildman–Crippen LogP) is 0.607. The van der Waals surface area contributed by atoms with Crippen LogP contribution in [0.4, 0.5) is 0 Å². The number of carbonyl (C=O) groups excluding carboxylic acids is 1. The highest BCUT2D eigenvalue weighted by atomic mass is 16.2. The SMILES string of the molecule is O=C1CCC[C@H]2[C@H]3CNC[C@@H](C3)CN12. The molecule has 3 atom stereocenters. The lowest BCUT2D eigenvalue weighted by molar-refractivity contribution is -0.142. The van der Waals surface area contributed by atoms with Gasteiger partial charge in [0.05, 0.1) is 0 Å². The zero-order chi connectivity index (χ0) is 9.54. The Labute approximate surface area is 84.8 Å². The molecule has 78 valence electrons. The molecule has 0 spiro atoms. The number of fused-ring (bicyclic) bond motifs is 4. The number of piperidine rings is 3. The largest absolute Gasteiger partial charge is 0.339 e. The van der Waals surface area contributed by atoms with Crippen molar-refractivity contribution < 1.29 is 4.79 Å². The van der Waals surface area contributed by atoms with E-state index in [-0.39, 0.29) is 0 Å². The first-order valence-corrected chi connectivity index (χ1v) is 5.85. The van der Waals surface area contributed by atoms with Crippen LogP contribution in [0, 0.1) is 11.8 Å². The number of hydrogen-bond acceptors (Lipinski definition) is 2. The Morgan fingerprint density at radius 1 is 1.36 bits per heavy atom. The van der Waals surface area contributed by atoms with Gasteiger partial charge in [-0.1, -0.05) is 0 Å². The Morgan fingerprint density at radius 3 is 3.21 bits per heavy atom. The second kappa shape index (κ2) is 3.23. The number of nitrogens with one attached hydrogen (secondary N) is 1. The van der Waals surface area contributed by atoms with Crippen molar-refractivity contribution in [3.8, 4) is 0 Å². The molecule has 0 aromatic carbocycles. The normalized spacial score (nSPS) is 42.1. The Kier molecular flexibility index (Phi) is 2.01. The molecule has 3 aliphatic rings. The minimum Gasteiger partial charge on any atom is -0.339 e. The first-order chi connectivity index (χ1) is 6.84. The molecule has 0 aromatic heterocycles. The van der Waals surface area contributed by atoms with E-state index in [1.165, 1.54) is 12.8 Å². The van der Waals surface area contributed by atoms with E-state index < -0.39 is 0 Å². The minimum atomic E-state index is 0.415. The van der Waals surface area contributed by atoms with Crippen LogP contribution in [0.1, 0.15) is 25.7 Å². The van der Waals surface area contributed by atoms with Gasteiger partial charge in [-0.05, 0) is 44.2 Å². The summed E-state index contributed by atoms with van der Waals surface area (Å²) in [7, 11) is 0. The zero-order valence-electron chi connectivity index (χ0n) is 8.54. The van der Waals surface area contributed by atoms with Crippen LogP contribution < -0.4 is 5.32 Å². The van der Waals surface area contributed by atoms with Gasteiger partial charge in [0.1, 0.15) is 0 Å². The lowest BCUT2D eigenvalue weighted by Crippen LogP contribution is -2.59. The van der Waals surface area contributed by atoms with Gasteiger partial charge in [0.15, 0.2) is 0 Å². The van der Waals surface area contributed by atoms with Crippen LogP contribution in [0.2, 0.25) is 0 Å². The smallest absolute Gasteiger partial charge is 0.222 e. The van der Waals surface area contributed by atoms with E-state index in [1.807, 2.05) is 0 Å². The highest BCUT2D eigenvalue weighted by Crippen LogP contribution is 2.35. The van der Waals surface area contributed by atoms with Crippen LogP contribution in [-0.4, -0.2) is 36.5 Å². The molecule has 0 aliphatic carbocycles. The van der Waals surface area contributed by atoms with Gasteiger partial charge in [0.25, 0.3) is 0 Å². The summed E-state index contributed by atoms with van der Waals surface area (Å²) >= 11 is 0. The van der Waals surface area contributed by atoms with Crippen LogP contribution in [-0.2, 0) is 4.79 Å². The molecule has 14 heavy (non-hydrogen) atoms. The van der Waals surface area contributed by atoms with Crippen molar-refractivity contribution in [3.63, 3.8) is 0 Å². The second-order valence-electron chi connectivity index (χ2n) is 5.03. The molecule has 3 fully saturated rings. The molecule has 3 saturated heterocycles. The molecule has 3 rings (SSSR count). The standard InChI is InChI=1S/C11H18N2O/c14-11-3-1-2-10-9-4-8(5-12-6-9)7-13(10)11/h8-10,12H,1-7H2/t8-,9-,10+/m1/s1. The molecule has 3 heterocycles. The number of rotatable bonds is 0. The molecule has 3 heteroatoms. The van der Waals surface area contributed by atoms with Gasteiger partial charge in [-0.15, -0.1) is 0 Å². The van der Waals surface area contributed by atoms with Crippen molar-refractivity contribution in [2.24, 2.45) is 11.8 Å². The van der Waals surface area contributed by atoms with Crippen LogP contribution in [0.3, 0.4) is 0 Å². The van der Waals surface area contributed by atoms with Crippen LogP contribution in [0.15, 0.2) is 0 Å². The summed E-state index contributed by atoms with van der Waals surface area (Å²) in [5.41, 5.74) is 0. The highest BCUT2D eigenvalue weighted by Gasteiger charge is 2.41. The molecule has 3 aliphatic heterocycles. The third-order valence-corrected chi connectivity index (χ3v) is 4.09. The summed E-state index contributed by atoms with van der Waals surface area (Å²) in [6.45, 7) is 3.27. The molecular weight excluding hydrogens is 176 g/mol. The van der Waals surface area contributed by atoms with Crippen LogP contribution >= 0.6 is 0 Å². The van der Waals surface area contributed by atoms with Crippen LogP contribution in [0.25, 0.3) is 0 Å². The van der Waals surface area contributed by atoms with E-state index in [2.05, 4.69) is 10.2 Å². The lowest BCUT2D eigenvalue weighted by atomic mass is 9.77. The van der Waals surface area contributed by atoms with E-state index in [4.69, 9.17) is 0 Å². The fourth-order valence-electron chi connectivity index (χ4n) is 3.45. The monoisotopic (exact) mass is 194 g/mol. The van der Waals surface area contributed by atoms with E-state index in [1.54, 1.807) is 0 Å². The summed E-state index contributed by atoms with van der Waals surface area (Å²) in [4.78, 5) is 13.9. The Hall–Kier alpha value is -0.570. The first-order valence-electron chi connectivity index (χ1n) is 5.85. The van der Waals surface area contributed by atoms with Gasteiger partial charge < -0.3 is 10.2 Å². The molecule has 0 unspecified atom stereocenters. The maximum atomic E-state index is 11.8. The van der Waals surface area contributed by atoms with Crippen molar-refractivity contribution >= 4 is 5.91 Å². The molecular formula is C11H18N2O. The van der Waals surface area contributed by atoms with Gasteiger partial charge >= 0.3 is 0 Å². The minimum absolute atomic E-state index is 0.415. The van der Waals surface area contributed by atoms with Gasteiger partial charge in [0, 0.05) is 19.0 Å². The molecule has 0 saturated carbocycles. The zero-order valence-corrected chi connectivity index (χ0v) is 8.54. The molecule has 2 bridgehead atoms. The fraction of sp³-hybridized carbons (Fsp3) is 0.909. The van der Waals surface area contributed by atoms with E-state index >= 15 is 0 Å². The summed E-state index contributed by atoms with van der Waals surface area (Å²) < 4.78 is 0. The van der Waals surface area contributed by atoms with Gasteiger partial charge in [-0.3, -0.25) is 4.79 Å². The van der Waals surface area contributed by atoms with E-state index in [9.17, 15) is 4.79 Å². The Morgan fingerprint density at radius 2 is 2.29 bits per heavy atom. The van der Waals surface area contributed by atoms with Gasteiger partial charge in [0.2, 0.25) is 5.91 Å². The lowest BCUT2D eigenvalue weighted by Gasteiger charge is -2.49. The quantitative estimate of drug-likeness (QED) is 0.612. The molecule has 1 amide bonds. The van der Waals surface area contributed by atoms with Crippen molar-refractivity contribution in [2.45, 2.75) is 31.7 Å². The number of hydrogen-bond donors (Lipinski definition) is 1. The van der Waals surface area contributed by atoms with Crippen molar-refractivity contribution in [2.75, 3.05) is 19.6 Å². The number of carbonyl (C=O) groups is 1. The third-order valence-electron chi connectivity index (χ3n) is 4.09. The number of nitrogens with zero attached hydrogens (tertiary/aromatic N) is 1. The van der Waals surface area contributed by atoms with Crippen molar-refractivity contribution in [1.82, 2.24) is 10.2 Å². The number of amides is 1. The topological polar surface area (TPSA) is 32.3 Å². The maximum absolute atomic E-state index is 11.8. The highest BCUT2D eigenvalue weighted by molar-refractivity contribution is 5.77. The van der Waals surface area contributed by atoms with Gasteiger partial charge in [-0.2, -0.15) is 0 Å². The Bertz CT molecular complexity index is 254.